The van der Waals surface area contributed by atoms with Gasteiger partial charge in [-0.25, -0.2) is 0 Å². The molecule has 0 aliphatic heterocycles. The summed E-state index contributed by atoms with van der Waals surface area (Å²) in [6.45, 7) is 1.80. The Balaban J connectivity index is 1.82. The summed E-state index contributed by atoms with van der Waals surface area (Å²) in [5.41, 5.74) is 2.13. The maximum Gasteiger partial charge on any atom is 0.266 e. The second-order valence-corrected chi connectivity index (χ2v) is 7.07. The molecule has 1 heterocycles. The van der Waals surface area contributed by atoms with E-state index >= 15 is 0 Å². The lowest BCUT2D eigenvalue weighted by molar-refractivity contribution is -0.112. The number of hydrogen-bond acceptors (Lipinski definition) is 3. The van der Waals surface area contributed by atoms with Gasteiger partial charge in [0.2, 0.25) is 0 Å². The Bertz CT molecular complexity index is 1060. The molecule has 0 spiro atoms. The zero-order valence-corrected chi connectivity index (χ0v) is 16.6. The number of benzene rings is 2. The molecule has 0 radical (unpaired) electrons. The molecule has 6 heteroatoms. The first kappa shape index (κ1) is 19.0. The molecule has 0 saturated heterocycles. The first-order chi connectivity index (χ1) is 13.0. The van der Waals surface area contributed by atoms with E-state index in [9.17, 15) is 10.1 Å². The molecule has 3 aromatic rings. The van der Waals surface area contributed by atoms with Gasteiger partial charge >= 0.3 is 0 Å². The van der Waals surface area contributed by atoms with Crippen LogP contribution in [0.2, 0.25) is 5.02 Å². The normalized spacial score (nSPS) is 11.1. The number of nitrogens with one attached hydrogen (secondary N) is 1. The van der Waals surface area contributed by atoms with Crippen molar-refractivity contribution in [1.82, 2.24) is 0 Å². The minimum atomic E-state index is -0.524. The molecule has 0 bridgehead atoms. The van der Waals surface area contributed by atoms with Gasteiger partial charge in [-0.1, -0.05) is 45.7 Å². The number of furan rings is 1. The molecule has 0 aliphatic rings. The van der Waals surface area contributed by atoms with Gasteiger partial charge in [-0.15, -0.1) is 0 Å². The zero-order valence-electron chi connectivity index (χ0n) is 14.3. The summed E-state index contributed by atoms with van der Waals surface area (Å²) in [7, 11) is 0. The highest BCUT2D eigenvalue weighted by molar-refractivity contribution is 9.10. The maximum atomic E-state index is 12.4. The fourth-order valence-electron chi connectivity index (χ4n) is 2.42. The number of halogens is 2. The summed E-state index contributed by atoms with van der Waals surface area (Å²) in [6.07, 6.45) is 1.41. The van der Waals surface area contributed by atoms with Crippen LogP contribution in [0.3, 0.4) is 0 Å². The Hall–Kier alpha value is -2.81. The Morgan fingerprint density at radius 2 is 1.93 bits per heavy atom. The average molecular weight is 442 g/mol. The van der Waals surface area contributed by atoms with Crippen molar-refractivity contribution in [2.45, 2.75) is 6.92 Å². The SMILES string of the molecule is Cc1c(Cl)cccc1NC(=O)/C(C#N)=C/c1ccc(-c2ccc(Br)cc2)o1. The summed E-state index contributed by atoms with van der Waals surface area (Å²) in [5, 5.41) is 12.6. The minimum absolute atomic E-state index is 0.0638. The van der Waals surface area contributed by atoms with Crippen LogP contribution in [0, 0.1) is 18.3 Å². The lowest BCUT2D eigenvalue weighted by atomic mass is 10.1. The number of anilines is 1. The van der Waals surface area contributed by atoms with Crippen molar-refractivity contribution in [3.63, 3.8) is 0 Å². The predicted molar refractivity (Wildman–Crippen MR) is 110 cm³/mol. The van der Waals surface area contributed by atoms with Crippen LogP contribution in [-0.2, 0) is 4.79 Å². The standard InChI is InChI=1S/C21H14BrClN2O2/c1-13-18(23)3-2-4-19(13)25-21(26)15(12-24)11-17-9-10-20(27-17)14-5-7-16(22)8-6-14/h2-11H,1H3,(H,25,26)/b15-11+. The molecule has 0 unspecified atom stereocenters. The summed E-state index contributed by atoms with van der Waals surface area (Å²) < 4.78 is 6.71. The third-order valence-electron chi connectivity index (χ3n) is 3.92. The molecule has 1 aromatic heterocycles. The van der Waals surface area contributed by atoms with Gasteiger partial charge < -0.3 is 9.73 Å². The summed E-state index contributed by atoms with van der Waals surface area (Å²) in [4.78, 5) is 12.4. The molecule has 134 valence electrons. The highest BCUT2D eigenvalue weighted by Gasteiger charge is 2.13. The van der Waals surface area contributed by atoms with E-state index in [1.54, 1.807) is 37.3 Å². The quantitative estimate of drug-likeness (QED) is 0.386. The van der Waals surface area contributed by atoms with Crippen molar-refractivity contribution in [3.05, 3.63) is 81.0 Å². The number of amides is 1. The smallest absolute Gasteiger partial charge is 0.266 e. The van der Waals surface area contributed by atoms with E-state index in [1.165, 1.54) is 6.08 Å². The van der Waals surface area contributed by atoms with Gasteiger partial charge in [0.25, 0.3) is 5.91 Å². The van der Waals surface area contributed by atoms with Gasteiger partial charge in [-0.2, -0.15) is 5.26 Å². The Morgan fingerprint density at radius 3 is 2.63 bits per heavy atom. The van der Waals surface area contributed by atoms with Crippen molar-refractivity contribution < 1.29 is 9.21 Å². The van der Waals surface area contributed by atoms with Crippen LogP contribution in [0.1, 0.15) is 11.3 Å². The monoisotopic (exact) mass is 440 g/mol. The second-order valence-electron chi connectivity index (χ2n) is 5.75. The van der Waals surface area contributed by atoms with Crippen LogP contribution in [-0.4, -0.2) is 5.91 Å². The lowest BCUT2D eigenvalue weighted by Crippen LogP contribution is -2.14. The number of nitriles is 1. The fraction of sp³-hybridized carbons (Fsp3) is 0.0476. The number of carbonyl (C=O) groups excluding carboxylic acids is 1. The molecule has 27 heavy (non-hydrogen) atoms. The third-order valence-corrected chi connectivity index (χ3v) is 4.86. The predicted octanol–water partition coefficient (Wildman–Crippen LogP) is 6.22. The van der Waals surface area contributed by atoms with E-state index in [4.69, 9.17) is 16.0 Å². The van der Waals surface area contributed by atoms with Crippen molar-refractivity contribution in [2.24, 2.45) is 0 Å². The van der Waals surface area contributed by atoms with Crippen LogP contribution >= 0.6 is 27.5 Å². The van der Waals surface area contributed by atoms with Gasteiger partial charge in [-0.3, -0.25) is 4.79 Å². The van der Waals surface area contributed by atoms with Gasteiger partial charge in [0.15, 0.2) is 0 Å². The van der Waals surface area contributed by atoms with Crippen LogP contribution in [0.15, 0.2) is 69.1 Å². The van der Waals surface area contributed by atoms with E-state index in [0.717, 1.165) is 15.6 Å². The molecule has 1 N–H and O–H groups in total. The molecule has 0 atom stereocenters. The van der Waals surface area contributed by atoms with Gasteiger partial charge in [0, 0.05) is 26.8 Å². The van der Waals surface area contributed by atoms with Gasteiger partial charge in [0.1, 0.15) is 23.2 Å². The van der Waals surface area contributed by atoms with Crippen LogP contribution in [0.5, 0.6) is 0 Å². The second kappa shape index (κ2) is 8.26. The minimum Gasteiger partial charge on any atom is -0.457 e. The fourth-order valence-corrected chi connectivity index (χ4v) is 2.86. The van der Waals surface area contributed by atoms with Crippen molar-refractivity contribution >= 4 is 45.2 Å². The maximum absolute atomic E-state index is 12.4. The molecule has 0 aliphatic carbocycles. The summed E-state index contributed by atoms with van der Waals surface area (Å²) in [5.74, 6) is 0.545. The highest BCUT2D eigenvalue weighted by atomic mass is 79.9. The van der Waals surface area contributed by atoms with Gasteiger partial charge in [0.05, 0.1) is 0 Å². The molecular formula is C21H14BrClN2O2. The summed E-state index contributed by atoms with van der Waals surface area (Å²) in [6, 6.07) is 18.3. The van der Waals surface area contributed by atoms with E-state index in [0.29, 0.717) is 22.2 Å². The Labute approximate surface area is 170 Å². The first-order valence-corrected chi connectivity index (χ1v) is 9.19. The number of rotatable bonds is 4. The van der Waals surface area contributed by atoms with Crippen LogP contribution < -0.4 is 5.32 Å². The average Bonchev–Trinajstić information content (AvgIpc) is 3.12. The molecular weight excluding hydrogens is 428 g/mol. The molecule has 0 fully saturated rings. The van der Waals surface area contributed by atoms with Crippen molar-refractivity contribution in [3.8, 4) is 17.4 Å². The molecule has 0 saturated carbocycles. The molecule has 3 rings (SSSR count). The van der Waals surface area contributed by atoms with E-state index < -0.39 is 5.91 Å². The van der Waals surface area contributed by atoms with Crippen LogP contribution in [0.25, 0.3) is 17.4 Å². The van der Waals surface area contributed by atoms with Crippen molar-refractivity contribution in [1.29, 1.82) is 5.26 Å². The van der Waals surface area contributed by atoms with E-state index in [-0.39, 0.29) is 5.57 Å². The van der Waals surface area contributed by atoms with Crippen molar-refractivity contribution in [2.75, 3.05) is 5.32 Å². The number of carbonyl (C=O) groups is 1. The van der Waals surface area contributed by atoms with E-state index in [2.05, 4.69) is 21.2 Å². The lowest BCUT2D eigenvalue weighted by Gasteiger charge is -2.08. The van der Waals surface area contributed by atoms with Gasteiger partial charge in [-0.05, 0) is 48.9 Å². The number of nitrogens with zero attached hydrogens (tertiary/aromatic N) is 1. The first-order valence-electron chi connectivity index (χ1n) is 8.02. The highest BCUT2D eigenvalue weighted by Crippen LogP contribution is 2.26. The third kappa shape index (κ3) is 4.48. The molecule has 2 aromatic carbocycles. The molecule has 1 amide bonds. The molecule has 4 nitrogen and oxygen atoms in total. The summed E-state index contributed by atoms with van der Waals surface area (Å²) >= 11 is 9.45. The Morgan fingerprint density at radius 1 is 1.19 bits per heavy atom. The topological polar surface area (TPSA) is 66.0 Å². The largest absolute Gasteiger partial charge is 0.457 e. The number of hydrogen-bond donors (Lipinski definition) is 1. The van der Waals surface area contributed by atoms with Crippen LogP contribution in [0.4, 0.5) is 5.69 Å². The zero-order chi connectivity index (χ0) is 19.4. The Kier molecular flexibility index (Phi) is 5.80. The van der Waals surface area contributed by atoms with E-state index in [1.807, 2.05) is 30.3 Å².